The highest BCUT2D eigenvalue weighted by molar-refractivity contribution is 5.90. The molecule has 1 aliphatic rings. The van der Waals surface area contributed by atoms with E-state index in [9.17, 15) is 14.4 Å². The smallest absolute Gasteiger partial charge is 0.308 e. The van der Waals surface area contributed by atoms with E-state index >= 15 is 0 Å². The highest BCUT2D eigenvalue weighted by atomic mass is 16.5. The fourth-order valence-electron chi connectivity index (χ4n) is 4.08. The Morgan fingerprint density at radius 1 is 1.32 bits per heavy atom. The number of carbonyl (C=O) groups is 2. The second-order valence-corrected chi connectivity index (χ2v) is 8.20. The van der Waals surface area contributed by atoms with Crippen molar-refractivity contribution in [2.45, 2.75) is 79.1 Å². The Bertz CT molecular complexity index is 436. The third-order valence-electron chi connectivity index (χ3n) is 5.19. The molecule has 1 saturated carbocycles. The van der Waals surface area contributed by atoms with Gasteiger partial charge in [-0.25, -0.2) is 0 Å². The van der Waals surface area contributed by atoms with Crippen LogP contribution in [0.4, 0.5) is 0 Å². The number of hydrogen-bond acceptors (Lipinski definition) is 4. The van der Waals surface area contributed by atoms with E-state index in [4.69, 9.17) is 4.74 Å². The summed E-state index contributed by atoms with van der Waals surface area (Å²) in [6.45, 7) is 8.61. The lowest BCUT2D eigenvalue weighted by atomic mass is 9.64. The lowest BCUT2D eigenvalue weighted by Crippen LogP contribution is -2.38. The Morgan fingerprint density at radius 3 is 2.64 bits per heavy atom. The highest BCUT2D eigenvalue weighted by Crippen LogP contribution is 2.41. The second-order valence-electron chi connectivity index (χ2n) is 8.20. The molecule has 1 aliphatic carbocycles. The van der Waals surface area contributed by atoms with Crippen molar-refractivity contribution < 1.29 is 19.1 Å². The monoisotopic (exact) mass is 350 g/mol. The minimum Gasteiger partial charge on any atom is -0.466 e. The van der Waals surface area contributed by atoms with Gasteiger partial charge in [-0.15, -0.1) is 0 Å². The quantitative estimate of drug-likeness (QED) is 0.431. The number of carbonyl (C=O) groups excluding carboxylic acids is 3. The molecule has 0 bridgehead atoms. The summed E-state index contributed by atoms with van der Waals surface area (Å²) in [5, 5.41) is 0. The van der Waals surface area contributed by atoms with E-state index in [2.05, 4.69) is 20.8 Å². The predicted octanol–water partition coefficient (Wildman–Crippen LogP) is 4.46. The van der Waals surface area contributed by atoms with Gasteiger partial charge in [0.2, 0.25) is 0 Å². The van der Waals surface area contributed by atoms with Gasteiger partial charge in [0.25, 0.3) is 0 Å². The number of ketones is 1. The van der Waals surface area contributed by atoms with Crippen LogP contribution < -0.4 is 0 Å². The lowest BCUT2D eigenvalue weighted by molar-refractivity contribution is -0.148. The molecule has 4 nitrogen and oxygen atoms in total. The van der Waals surface area contributed by atoms with Crippen molar-refractivity contribution in [3.05, 3.63) is 6.42 Å². The van der Waals surface area contributed by atoms with E-state index in [0.29, 0.717) is 24.7 Å². The third-order valence-corrected chi connectivity index (χ3v) is 5.19. The van der Waals surface area contributed by atoms with Crippen LogP contribution in [0.5, 0.6) is 0 Å². The van der Waals surface area contributed by atoms with Gasteiger partial charge in [0, 0.05) is 18.8 Å². The Labute approximate surface area is 153 Å². The fraction of sp³-hybridized carbons (Fsp3) is 0.810. The van der Waals surface area contributed by atoms with Gasteiger partial charge in [-0.3, -0.25) is 14.4 Å². The summed E-state index contributed by atoms with van der Waals surface area (Å²) in [5.74, 6) is 0.428. The van der Waals surface area contributed by atoms with Gasteiger partial charge in [0.1, 0.15) is 5.78 Å². The first-order valence-corrected chi connectivity index (χ1v) is 9.70. The molecule has 142 valence electrons. The maximum atomic E-state index is 12.3. The topological polar surface area (TPSA) is 60.4 Å². The minimum atomic E-state index is -0.207. The zero-order valence-electron chi connectivity index (χ0n) is 16.3. The number of unbranched alkanes of at least 4 members (excludes halogenated alkanes) is 1. The summed E-state index contributed by atoms with van der Waals surface area (Å²) in [6.07, 6.45) is 10.2. The fourth-order valence-corrected chi connectivity index (χ4v) is 4.08. The van der Waals surface area contributed by atoms with Crippen molar-refractivity contribution in [2.75, 3.05) is 6.61 Å². The molecule has 0 N–H and O–H groups in total. The SMILES string of the molecule is CCOC(=O)C(CC[C]=O)CCCCC1CC[CH]C(=O)C1C(C)(C)C. The van der Waals surface area contributed by atoms with E-state index in [1.54, 1.807) is 6.92 Å². The molecule has 1 rings (SSSR count). The number of rotatable bonds is 10. The van der Waals surface area contributed by atoms with Crippen LogP contribution in [0, 0.1) is 29.6 Å². The van der Waals surface area contributed by atoms with Crippen LogP contribution in [0.25, 0.3) is 0 Å². The first-order valence-electron chi connectivity index (χ1n) is 9.70. The number of hydrogen-bond donors (Lipinski definition) is 0. The Kier molecular flexibility index (Phi) is 9.37. The lowest BCUT2D eigenvalue weighted by Gasteiger charge is -2.39. The molecule has 0 aliphatic heterocycles. The molecule has 2 radical (unpaired) electrons. The molecule has 3 unspecified atom stereocenters. The summed E-state index contributed by atoms with van der Waals surface area (Å²) in [6, 6.07) is 0. The molecule has 0 saturated heterocycles. The molecule has 4 heteroatoms. The molecular weight excluding hydrogens is 316 g/mol. The summed E-state index contributed by atoms with van der Waals surface area (Å²) >= 11 is 0. The Hall–Kier alpha value is -1.19. The molecule has 1 fully saturated rings. The second kappa shape index (κ2) is 10.7. The molecule has 0 heterocycles. The van der Waals surface area contributed by atoms with Crippen LogP contribution in [-0.2, 0) is 19.1 Å². The first-order chi connectivity index (χ1) is 11.8. The summed E-state index contributed by atoms with van der Waals surface area (Å²) < 4.78 is 5.11. The van der Waals surface area contributed by atoms with Crippen molar-refractivity contribution in [3.63, 3.8) is 0 Å². The normalized spacial score (nSPS) is 22.5. The van der Waals surface area contributed by atoms with E-state index in [1.165, 1.54) is 0 Å². The standard InChI is InChI=1S/C21H34O4/c1-5-25-20(24)17(13-9-15-22)11-7-6-10-16-12-8-14-18(23)19(16)21(2,3)4/h14,16-17,19H,5-13H2,1-4H3. The first kappa shape index (κ1) is 21.9. The Morgan fingerprint density at radius 2 is 2.04 bits per heavy atom. The Balaban J connectivity index is 2.49. The average molecular weight is 350 g/mol. The highest BCUT2D eigenvalue weighted by Gasteiger charge is 2.39. The summed E-state index contributed by atoms with van der Waals surface area (Å²) in [5.41, 5.74) is -0.00800. The van der Waals surface area contributed by atoms with Crippen LogP contribution in [-0.4, -0.2) is 24.6 Å². The molecule has 0 aromatic rings. The molecule has 25 heavy (non-hydrogen) atoms. The van der Waals surface area contributed by atoms with E-state index < -0.39 is 0 Å². The van der Waals surface area contributed by atoms with Crippen molar-refractivity contribution >= 4 is 18.0 Å². The van der Waals surface area contributed by atoms with Gasteiger partial charge in [-0.1, -0.05) is 33.6 Å². The van der Waals surface area contributed by atoms with E-state index in [-0.39, 0.29) is 29.6 Å². The molecule has 0 aromatic carbocycles. The summed E-state index contributed by atoms with van der Waals surface area (Å²) in [7, 11) is 0. The van der Waals surface area contributed by atoms with Gasteiger partial charge in [-0.05, 0) is 50.4 Å². The summed E-state index contributed by atoms with van der Waals surface area (Å²) in [4.78, 5) is 34.8. The molecule has 0 amide bonds. The molecule has 0 spiro atoms. The molecule has 3 atom stereocenters. The van der Waals surface area contributed by atoms with Crippen LogP contribution in [0.15, 0.2) is 0 Å². The molecule has 0 aromatic heterocycles. The maximum absolute atomic E-state index is 12.3. The van der Waals surface area contributed by atoms with Crippen molar-refractivity contribution in [1.29, 1.82) is 0 Å². The van der Waals surface area contributed by atoms with Crippen molar-refractivity contribution in [2.24, 2.45) is 23.2 Å². The average Bonchev–Trinajstić information content (AvgIpc) is 2.53. The van der Waals surface area contributed by atoms with Crippen LogP contribution >= 0.6 is 0 Å². The van der Waals surface area contributed by atoms with E-state index in [0.717, 1.165) is 38.5 Å². The maximum Gasteiger partial charge on any atom is 0.308 e. The predicted molar refractivity (Wildman–Crippen MR) is 98.5 cm³/mol. The number of esters is 1. The van der Waals surface area contributed by atoms with Gasteiger partial charge < -0.3 is 4.74 Å². The van der Waals surface area contributed by atoms with Gasteiger partial charge >= 0.3 is 5.97 Å². The zero-order chi connectivity index (χ0) is 18.9. The van der Waals surface area contributed by atoms with E-state index in [1.807, 2.05) is 12.7 Å². The van der Waals surface area contributed by atoms with Crippen LogP contribution in [0.1, 0.15) is 79.1 Å². The third kappa shape index (κ3) is 7.29. The van der Waals surface area contributed by atoms with Gasteiger partial charge in [0.05, 0.1) is 12.5 Å². The largest absolute Gasteiger partial charge is 0.466 e. The van der Waals surface area contributed by atoms with Crippen molar-refractivity contribution in [3.8, 4) is 0 Å². The number of Topliss-reactive ketones (excluding diaryl/α,β-unsaturated/α-hetero) is 1. The van der Waals surface area contributed by atoms with Crippen molar-refractivity contribution in [1.82, 2.24) is 0 Å². The van der Waals surface area contributed by atoms with Crippen LogP contribution in [0.2, 0.25) is 0 Å². The van der Waals surface area contributed by atoms with Gasteiger partial charge in [0.15, 0.2) is 6.29 Å². The van der Waals surface area contributed by atoms with Gasteiger partial charge in [-0.2, -0.15) is 0 Å². The molecular formula is C21H34O4. The van der Waals surface area contributed by atoms with Crippen LogP contribution in [0.3, 0.4) is 0 Å². The minimum absolute atomic E-state index is 0.00800. The zero-order valence-corrected chi connectivity index (χ0v) is 16.3. The number of ether oxygens (including phenoxy) is 1.